The maximum absolute atomic E-state index is 6.16. The van der Waals surface area contributed by atoms with E-state index in [-0.39, 0.29) is 6.10 Å². The molecule has 3 heteroatoms. The number of benzene rings is 1. The van der Waals surface area contributed by atoms with Crippen molar-refractivity contribution < 1.29 is 4.74 Å². The van der Waals surface area contributed by atoms with Gasteiger partial charge < -0.3 is 4.74 Å². The van der Waals surface area contributed by atoms with Gasteiger partial charge in [0.05, 0.1) is 12.2 Å². The Kier molecular flexibility index (Phi) is 5.10. The van der Waals surface area contributed by atoms with Gasteiger partial charge in [0, 0.05) is 8.90 Å². The fourth-order valence-corrected chi connectivity index (χ4v) is 3.12. The van der Waals surface area contributed by atoms with Crippen LogP contribution in [-0.2, 0) is 4.74 Å². The third-order valence-corrected chi connectivity index (χ3v) is 4.37. The van der Waals surface area contributed by atoms with Gasteiger partial charge in [-0.15, -0.1) is 0 Å². The van der Waals surface area contributed by atoms with Gasteiger partial charge in [-0.2, -0.15) is 0 Å². The Morgan fingerprint density at radius 2 is 1.88 bits per heavy atom. The van der Waals surface area contributed by atoms with E-state index in [9.17, 15) is 0 Å². The summed E-state index contributed by atoms with van der Waals surface area (Å²) in [5.74, 6) is 0. The molecule has 1 fully saturated rings. The van der Waals surface area contributed by atoms with Crippen LogP contribution in [0.25, 0.3) is 0 Å². The predicted octanol–water partition coefficient (Wildman–Crippen LogP) is 4.88. The van der Waals surface area contributed by atoms with E-state index < -0.39 is 0 Å². The van der Waals surface area contributed by atoms with Crippen LogP contribution in [0.2, 0.25) is 0 Å². The minimum atomic E-state index is 0.261. The minimum absolute atomic E-state index is 0.261. The van der Waals surface area contributed by atoms with Crippen molar-refractivity contribution in [2.45, 2.75) is 37.9 Å². The van der Waals surface area contributed by atoms with Gasteiger partial charge in [0.25, 0.3) is 0 Å². The van der Waals surface area contributed by atoms with Crippen LogP contribution in [0.5, 0.6) is 0 Å². The van der Waals surface area contributed by atoms with E-state index in [1.807, 2.05) is 0 Å². The lowest BCUT2D eigenvalue weighted by Gasteiger charge is -2.20. The van der Waals surface area contributed by atoms with E-state index in [1.165, 1.54) is 31.2 Å². The van der Waals surface area contributed by atoms with E-state index >= 15 is 0 Å². The molecule has 1 saturated carbocycles. The van der Waals surface area contributed by atoms with Crippen molar-refractivity contribution in [1.29, 1.82) is 0 Å². The molecule has 0 amide bonds. The number of rotatable bonds is 4. The molecule has 0 heterocycles. The number of ether oxygens (including phenoxy) is 1. The van der Waals surface area contributed by atoms with Crippen molar-refractivity contribution >= 4 is 38.5 Å². The fraction of sp³-hybridized carbons (Fsp3) is 0.538. The van der Waals surface area contributed by atoms with Gasteiger partial charge in [0.1, 0.15) is 0 Å². The average Bonchev–Trinajstić information content (AvgIpc) is 2.80. The predicted molar refractivity (Wildman–Crippen MR) is 79.1 cm³/mol. The van der Waals surface area contributed by atoms with E-state index in [2.05, 4.69) is 62.8 Å². The molecule has 0 bridgehead atoms. The molecule has 1 nitrogen and oxygen atoms in total. The maximum atomic E-state index is 6.16. The summed E-state index contributed by atoms with van der Waals surface area (Å²) in [6, 6.07) is 8.49. The molecule has 0 radical (unpaired) electrons. The Balaban J connectivity index is 2.00. The quantitative estimate of drug-likeness (QED) is 0.522. The maximum Gasteiger partial charge on any atom is 0.0918 e. The van der Waals surface area contributed by atoms with Crippen molar-refractivity contribution in [3.05, 3.63) is 34.3 Å². The van der Waals surface area contributed by atoms with Crippen LogP contribution >= 0.6 is 38.5 Å². The lowest BCUT2D eigenvalue weighted by atomic mass is 10.1. The summed E-state index contributed by atoms with van der Waals surface area (Å²) in [6.45, 7) is 0. The number of alkyl halides is 1. The average molecular weight is 395 g/mol. The third-order valence-electron chi connectivity index (χ3n) is 3.04. The molecule has 0 aromatic heterocycles. The first kappa shape index (κ1) is 12.8. The Hall–Kier alpha value is 0.390. The molecule has 16 heavy (non-hydrogen) atoms. The molecule has 0 N–H and O–H groups in total. The molecule has 0 saturated heterocycles. The van der Waals surface area contributed by atoms with E-state index in [0.29, 0.717) is 6.10 Å². The first-order valence-electron chi connectivity index (χ1n) is 5.76. The van der Waals surface area contributed by atoms with Crippen LogP contribution < -0.4 is 0 Å². The molecule has 1 aromatic carbocycles. The largest absolute Gasteiger partial charge is 0.369 e. The number of hydrogen-bond acceptors (Lipinski definition) is 1. The SMILES string of the molecule is Brc1ccc(C(CI)OC2CCCC2)cc1. The summed E-state index contributed by atoms with van der Waals surface area (Å²) in [6.07, 6.45) is 5.89. The molecule has 88 valence electrons. The van der Waals surface area contributed by atoms with Gasteiger partial charge in [-0.1, -0.05) is 63.5 Å². The Labute approximate surface area is 119 Å². The highest BCUT2D eigenvalue weighted by Crippen LogP contribution is 2.29. The second-order valence-corrected chi connectivity index (χ2v) is 6.03. The Bertz CT molecular complexity index is 319. The van der Waals surface area contributed by atoms with Crippen LogP contribution in [0.4, 0.5) is 0 Å². The fourth-order valence-electron chi connectivity index (χ4n) is 2.14. The van der Waals surface area contributed by atoms with Crippen molar-refractivity contribution in [1.82, 2.24) is 0 Å². The molecular weight excluding hydrogens is 379 g/mol. The van der Waals surface area contributed by atoms with Gasteiger partial charge in [-0.25, -0.2) is 0 Å². The standard InChI is InChI=1S/C13H16BrIO/c14-11-7-5-10(6-8-11)13(9-15)16-12-3-1-2-4-12/h5-8,12-13H,1-4,9H2. The zero-order valence-corrected chi connectivity index (χ0v) is 12.9. The Morgan fingerprint density at radius 3 is 2.44 bits per heavy atom. The van der Waals surface area contributed by atoms with Crippen molar-refractivity contribution in [3.8, 4) is 0 Å². The second kappa shape index (κ2) is 6.36. The molecule has 1 atom stereocenters. The molecule has 2 rings (SSSR count). The Morgan fingerprint density at radius 1 is 1.25 bits per heavy atom. The molecular formula is C13H16BrIO. The van der Waals surface area contributed by atoms with Crippen molar-refractivity contribution in [3.63, 3.8) is 0 Å². The highest BCUT2D eigenvalue weighted by molar-refractivity contribution is 14.1. The van der Waals surface area contributed by atoms with Crippen LogP contribution in [0, 0.1) is 0 Å². The minimum Gasteiger partial charge on any atom is -0.369 e. The van der Waals surface area contributed by atoms with Gasteiger partial charge in [0.2, 0.25) is 0 Å². The van der Waals surface area contributed by atoms with Crippen LogP contribution in [-0.4, -0.2) is 10.5 Å². The third kappa shape index (κ3) is 3.44. The van der Waals surface area contributed by atoms with E-state index in [0.717, 1.165) is 8.90 Å². The summed E-state index contributed by atoms with van der Waals surface area (Å²) in [5.41, 5.74) is 1.30. The smallest absolute Gasteiger partial charge is 0.0918 e. The van der Waals surface area contributed by atoms with Crippen molar-refractivity contribution in [2.24, 2.45) is 0 Å². The topological polar surface area (TPSA) is 9.23 Å². The van der Waals surface area contributed by atoms with E-state index in [1.54, 1.807) is 0 Å². The van der Waals surface area contributed by atoms with E-state index in [4.69, 9.17) is 4.74 Å². The van der Waals surface area contributed by atoms with Crippen LogP contribution in [0.15, 0.2) is 28.7 Å². The lowest BCUT2D eigenvalue weighted by molar-refractivity contribution is 0.00525. The van der Waals surface area contributed by atoms with Gasteiger partial charge in [0.15, 0.2) is 0 Å². The molecule has 1 aromatic rings. The van der Waals surface area contributed by atoms with Crippen LogP contribution in [0.3, 0.4) is 0 Å². The summed E-state index contributed by atoms with van der Waals surface area (Å²) in [7, 11) is 0. The first-order valence-corrected chi connectivity index (χ1v) is 8.08. The number of hydrogen-bond donors (Lipinski definition) is 0. The summed E-state index contributed by atoms with van der Waals surface area (Å²) in [5, 5.41) is 0. The molecule has 0 spiro atoms. The molecule has 0 aliphatic heterocycles. The molecule has 1 aliphatic rings. The highest BCUT2D eigenvalue weighted by Gasteiger charge is 2.20. The van der Waals surface area contributed by atoms with Gasteiger partial charge in [-0.05, 0) is 30.5 Å². The zero-order valence-electron chi connectivity index (χ0n) is 9.16. The summed E-state index contributed by atoms with van der Waals surface area (Å²) >= 11 is 5.87. The van der Waals surface area contributed by atoms with Crippen LogP contribution in [0.1, 0.15) is 37.4 Å². The van der Waals surface area contributed by atoms with Gasteiger partial charge >= 0.3 is 0 Å². The highest BCUT2D eigenvalue weighted by atomic mass is 127. The monoisotopic (exact) mass is 394 g/mol. The summed E-state index contributed by atoms with van der Waals surface area (Å²) in [4.78, 5) is 0. The molecule has 1 unspecified atom stereocenters. The van der Waals surface area contributed by atoms with Gasteiger partial charge in [-0.3, -0.25) is 0 Å². The number of halogens is 2. The normalized spacial score (nSPS) is 18.9. The lowest BCUT2D eigenvalue weighted by Crippen LogP contribution is -2.14. The second-order valence-electron chi connectivity index (χ2n) is 4.24. The first-order chi connectivity index (χ1) is 7.79. The molecule has 1 aliphatic carbocycles. The van der Waals surface area contributed by atoms with Crippen molar-refractivity contribution in [2.75, 3.05) is 4.43 Å². The zero-order chi connectivity index (χ0) is 11.4. The summed E-state index contributed by atoms with van der Waals surface area (Å²) < 4.78 is 8.32.